The number of phosphoric acid groups is 1. The minimum absolute atomic E-state index is 0.0147. The summed E-state index contributed by atoms with van der Waals surface area (Å²) in [6, 6.07) is 0. The van der Waals surface area contributed by atoms with Gasteiger partial charge in [0.1, 0.15) is 13.2 Å². The highest BCUT2D eigenvalue weighted by Crippen LogP contribution is 2.29. The summed E-state index contributed by atoms with van der Waals surface area (Å²) in [6.07, 6.45) is 22.2. The van der Waals surface area contributed by atoms with Crippen molar-refractivity contribution in [1.82, 2.24) is 5.32 Å². The molecular weight excluding hydrogens is 479 g/mol. The predicted molar refractivity (Wildman–Crippen MR) is 149 cm³/mol. The second-order valence-corrected chi connectivity index (χ2v) is 12.1. The third-order valence-corrected chi connectivity index (χ3v) is 6.47. The van der Waals surface area contributed by atoms with E-state index in [9.17, 15) is 14.6 Å². The Kier molecular flexibility index (Phi) is 28.1. The summed E-state index contributed by atoms with van der Waals surface area (Å²) in [4.78, 5) is 18.3. The Balaban J connectivity index is 0. The summed E-state index contributed by atoms with van der Waals surface area (Å²) in [7, 11) is 2.81. The third kappa shape index (κ3) is 38.5. The molecule has 0 aromatic heterocycles. The predicted octanol–water partition coefficient (Wildman–Crippen LogP) is 5.01. The molecule has 0 amide bonds. The normalized spacial score (nSPS) is 14.2. The number of nitrogens with one attached hydrogen (secondary N) is 1. The molecule has 0 aliphatic carbocycles. The molecule has 0 aliphatic heterocycles. The number of aliphatic hydroxyl groups excluding tert-OH is 1. The number of hydrogen-bond donors (Lipinski definition) is 3. The van der Waals surface area contributed by atoms with Gasteiger partial charge in [0.25, 0.3) is 7.82 Å². The van der Waals surface area contributed by atoms with Gasteiger partial charge in [0.2, 0.25) is 0 Å². The fraction of sp³-hybridized carbons (Fsp3) is 1.00. The SMILES string of the molecule is CCCCCCCCCCCCCCCCCCNCC(O)COC.C[N+](C)(C)CCOP(=O)([O-])O. The lowest BCUT2D eigenvalue weighted by molar-refractivity contribution is -0.870. The van der Waals surface area contributed by atoms with Crippen LogP contribution in [0.3, 0.4) is 0 Å². The summed E-state index contributed by atoms with van der Waals surface area (Å²) in [5.74, 6) is 0. The molecule has 0 radical (unpaired) electrons. The van der Waals surface area contributed by atoms with Gasteiger partial charge in [-0.1, -0.05) is 103 Å². The Labute approximate surface area is 223 Å². The molecule has 9 heteroatoms. The number of nitrogens with zero attached hydrogens (tertiary/aromatic N) is 1. The van der Waals surface area contributed by atoms with E-state index in [-0.39, 0.29) is 12.7 Å². The highest BCUT2D eigenvalue weighted by atomic mass is 31.2. The summed E-state index contributed by atoms with van der Waals surface area (Å²) < 4.78 is 19.7. The van der Waals surface area contributed by atoms with Crippen LogP contribution in [0.5, 0.6) is 0 Å². The Morgan fingerprint density at radius 2 is 1.25 bits per heavy atom. The molecule has 0 rings (SSSR count). The Bertz CT molecular complexity index is 485. The number of rotatable bonds is 25. The van der Waals surface area contributed by atoms with E-state index < -0.39 is 7.82 Å². The number of methoxy groups -OCH3 is 1. The molecule has 0 saturated heterocycles. The quantitative estimate of drug-likeness (QED) is 0.0847. The van der Waals surface area contributed by atoms with Gasteiger partial charge < -0.3 is 34.0 Å². The second-order valence-electron chi connectivity index (χ2n) is 10.9. The summed E-state index contributed by atoms with van der Waals surface area (Å²) in [5.41, 5.74) is 0. The van der Waals surface area contributed by atoms with Crippen molar-refractivity contribution in [3.63, 3.8) is 0 Å². The Morgan fingerprint density at radius 3 is 1.61 bits per heavy atom. The van der Waals surface area contributed by atoms with Crippen molar-refractivity contribution in [2.24, 2.45) is 0 Å². The van der Waals surface area contributed by atoms with Gasteiger partial charge in [0.05, 0.1) is 33.9 Å². The van der Waals surface area contributed by atoms with E-state index in [1.165, 1.54) is 103 Å². The number of phosphoric ester groups is 1. The molecule has 0 heterocycles. The van der Waals surface area contributed by atoms with E-state index in [4.69, 9.17) is 9.63 Å². The number of hydrogen-bond acceptors (Lipinski definition) is 6. The number of unbranched alkanes of at least 4 members (excludes halogenated alkanes) is 15. The van der Waals surface area contributed by atoms with Gasteiger partial charge >= 0.3 is 0 Å². The molecule has 8 nitrogen and oxygen atoms in total. The molecule has 0 aliphatic rings. The summed E-state index contributed by atoms with van der Waals surface area (Å²) in [5, 5.41) is 12.8. The smallest absolute Gasteiger partial charge is 0.265 e. The minimum atomic E-state index is -4.51. The van der Waals surface area contributed by atoms with E-state index >= 15 is 0 Å². The molecule has 0 spiro atoms. The van der Waals surface area contributed by atoms with Crippen LogP contribution in [-0.2, 0) is 13.8 Å². The van der Waals surface area contributed by atoms with Gasteiger partial charge in [0.15, 0.2) is 0 Å². The standard InChI is InChI=1S/C22H47NO2.C5H14NO4P/c1-3-4-5-6-7-8-9-10-11-12-13-14-15-16-17-18-19-23-20-22(24)21-25-2;1-6(2,3)4-5-10-11(7,8)9/h22-24H,3-21H2,1-2H3;4-5H2,1-3H3,(H-,7,8,9). The second kappa shape index (κ2) is 26.6. The minimum Gasteiger partial charge on any atom is -0.756 e. The molecule has 0 saturated carbocycles. The molecule has 0 aromatic carbocycles. The van der Waals surface area contributed by atoms with Crippen molar-refractivity contribution in [3.05, 3.63) is 0 Å². The fourth-order valence-electron chi connectivity index (χ4n) is 3.75. The van der Waals surface area contributed by atoms with Crippen LogP contribution in [0.25, 0.3) is 0 Å². The zero-order valence-electron chi connectivity index (χ0n) is 24.3. The number of likely N-dealkylation sites (N-methyl/N-ethyl adjacent to an activating group) is 1. The highest BCUT2D eigenvalue weighted by molar-refractivity contribution is 7.44. The van der Waals surface area contributed by atoms with E-state index in [0.717, 1.165) is 6.54 Å². The first-order valence-corrected chi connectivity index (χ1v) is 15.9. The van der Waals surface area contributed by atoms with Crippen LogP contribution in [-0.4, -0.2) is 81.7 Å². The summed E-state index contributed by atoms with van der Waals surface area (Å²) >= 11 is 0. The summed E-state index contributed by atoms with van der Waals surface area (Å²) in [6.45, 7) is 4.92. The van der Waals surface area contributed by atoms with Gasteiger partial charge in [-0.2, -0.15) is 0 Å². The van der Waals surface area contributed by atoms with Crippen LogP contribution >= 0.6 is 7.82 Å². The average Bonchev–Trinajstić information content (AvgIpc) is 2.77. The first kappa shape index (κ1) is 38.1. The first-order valence-electron chi connectivity index (χ1n) is 14.4. The van der Waals surface area contributed by atoms with Crippen LogP contribution in [0, 0.1) is 0 Å². The van der Waals surface area contributed by atoms with Gasteiger partial charge in [-0.25, -0.2) is 0 Å². The van der Waals surface area contributed by atoms with E-state index in [0.29, 0.717) is 24.2 Å². The number of aliphatic hydroxyl groups is 1. The van der Waals surface area contributed by atoms with Crippen LogP contribution in [0.2, 0.25) is 0 Å². The van der Waals surface area contributed by atoms with Crippen LogP contribution in [0.1, 0.15) is 110 Å². The maximum Gasteiger partial charge on any atom is 0.265 e. The van der Waals surface area contributed by atoms with Crippen LogP contribution in [0.4, 0.5) is 0 Å². The van der Waals surface area contributed by atoms with Gasteiger partial charge in [-0.3, -0.25) is 4.57 Å². The van der Waals surface area contributed by atoms with E-state index in [1.54, 1.807) is 7.11 Å². The molecule has 0 fully saturated rings. The Hall–Kier alpha value is -0.0500. The van der Waals surface area contributed by atoms with Gasteiger partial charge in [-0.15, -0.1) is 0 Å². The van der Waals surface area contributed by atoms with Crippen LogP contribution in [0.15, 0.2) is 0 Å². The van der Waals surface area contributed by atoms with Crippen molar-refractivity contribution in [3.8, 4) is 0 Å². The monoisotopic (exact) mass is 540 g/mol. The maximum atomic E-state index is 10.1. The molecule has 36 heavy (non-hydrogen) atoms. The lowest BCUT2D eigenvalue weighted by Gasteiger charge is -2.25. The highest BCUT2D eigenvalue weighted by Gasteiger charge is 2.09. The largest absolute Gasteiger partial charge is 0.756 e. The molecular formula is C27H61N2O6P. The molecule has 3 N–H and O–H groups in total. The van der Waals surface area contributed by atoms with E-state index in [2.05, 4.69) is 16.8 Å². The molecule has 220 valence electrons. The van der Waals surface area contributed by atoms with Crippen LogP contribution < -0.4 is 10.2 Å². The zero-order chi connectivity index (χ0) is 27.5. The lowest BCUT2D eigenvalue weighted by atomic mass is 10.0. The molecule has 2 atom stereocenters. The van der Waals surface area contributed by atoms with E-state index in [1.807, 2.05) is 21.1 Å². The van der Waals surface area contributed by atoms with Crippen molar-refractivity contribution in [2.45, 2.75) is 116 Å². The number of ether oxygens (including phenoxy) is 1. The third-order valence-electron chi connectivity index (χ3n) is 5.96. The van der Waals surface area contributed by atoms with Crippen molar-refractivity contribution in [1.29, 1.82) is 0 Å². The van der Waals surface area contributed by atoms with Gasteiger partial charge in [0, 0.05) is 13.7 Å². The maximum absolute atomic E-state index is 10.1. The van der Waals surface area contributed by atoms with Gasteiger partial charge in [-0.05, 0) is 13.0 Å². The fourth-order valence-corrected chi connectivity index (χ4v) is 4.06. The zero-order valence-corrected chi connectivity index (χ0v) is 25.2. The lowest BCUT2D eigenvalue weighted by Crippen LogP contribution is -2.37. The topological polar surface area (TPSA) is 111 Å². The van der Waals surface area contributed by atoms with Crippen molar-refractivity contribution < 1.29 is 33.2 Å². The molecule has 2 unspecified atom stereocenters. The average molecular weight is 541 g/mol. The van der Waals surface area contributed by atoms with Crippen molar-refractivity contribution in [2.75, 3.05) is 61.1 Å². The first-order chi connectivity index (χ1) is 17.0. The Morgan fingerprint density at radius 1 is 0.833 bits per heavy atom. The molecule has 0 bridgehead atoms. The van der Waals surface area contributed by atoms with Crippen molar-refractivity contribution >= 4 is 7.82 Å². The molecule has 0 aromatic rings. The number of quaternary nitrogens is 1.